The van der Waals surface area contributed by atoms with Gasteiger partial charge in [0.25, 0.3) is 0 Å². The van der Waals surface area contributed by atoms with Crippen LogP contribution in [0.5, 0.6) is 0 Å². The van der Waals surface area contributed by atoms with Crippen LogP contribution in [-0.4, -0.2) is 35.7 Å². The monoisotopic (exact) mass is 395 g/mol. The van der Waals surface area contributed by atoms with Crippen molar-refractivity contribution in [2.45, 2.75) is 115 Å². The molecule has 0 spiro atoms. The Kier molecular flexibility index (Phi) is 14.6. The molecule has 1 rings (SSSR count). The zero-order valence-corrected chi connectivity index (χ0v) is 17.8. The molecule has 162 valence electrons. The van der Waals surface area contributed by atoms with E-state index in [0.29, 0.717) is 19.4 Å². The van der Waals surface area contributed by atoms with E-state index in [2.05, 4.69) is 24.4 Å². The summed E-state index contributed by atoms with van der Waals surface area (Å²) in [4.78, 5) is 22.7. The van der Waals surface area contributed by atoms with E-state index in [1.807, 2.05) is 0 Å². The maximum Gasteiger partial charge on any atom is 0.320 e. The minimum Gasteiger partial charge on any atom is -0.480 e. The minimum absolute atomic E-state index is 0.199. The number of hydrogen-bond acceptors (Lipinski definition) is 4. The van der Waals surface area contributed by atoms with Gasteiger partial charge in [0.2, 0.25) is 0 Å². The molecule has 0 aromatic rings. The van der Waals surface area contributed by atoms with E-state index in [4.69, 9.17) is 9.84 Å². The number of nitrogens with one attached hydrogen (secondary N) is 1. The molecule has 0 radical (unpaired) electrons. The maximum atomic E-state index is 11.8. The first-order chi connectivity index (χ1) is 13.6. The van der Waals surface area contributed by atoms with Crippen molar-refractivity contribution in [1.82, 2.24) is 5.32 Å². The quantitative estimate of drug-likeness (QED) is 0.196. The Bertz CT molecular complexity index is 450. The fourth-order valence-corrected chi connectivity index (χ4v) is 3.57. The third-order valence-corrected chi connectivity index (χ3v) is 5.33. The number of esters is 1. The first-order valence-electron chi connectivity index (χ1n) is 11.4. The fourth-order valence-electron chi connectivity index (χ4n) is 3.57. The third-order valence-electron chi connectivity index (χ3n) is 5.33. The number of carbonyl (C=O) groups excluding carboxylic acids is 1. The van der Waals surface area contributed by atoms with E-state index < -0.39 is 12.0 Å². The Labute approximate surface area is 171 Å². The highest BCUT2D eigenvalue weighted by Crippen LogP contribution is 2.14. The Morgan fingerprint density at radius 1 is 0.929 bits per heavy atom. The molecule has 2 atom stereocenters. The molecule has 0 saturated carbocycles. The summed E-state index contributed by atoms with van der Waals surface area (Å²) in [5.41, 5.74) is 0. The average molecular weight is 396 g/mol. The molecule has 1 aliphatic rings. The molecule has 1 aliphatic heterocycles. The highest BCUT2D eigenvalue weighted by Gasteiger charge is 2.31. The van der Waals surface area contributed by atoms with Gasteiger partial charge in [0.1, 0.15) is 12.1 Å². The second-order valence-corrected chi connectivity index (χ2v) is 7.98. The predicted molar refractivity (Wildman–Crippen MR) is 113 cm³/mol. The molecule has 1 heterocycles. The van der Waals surface area contributed by atoms with E-state index in [1.54, 1.807) is 0 Å². The van der Waals surface area contributed by atoms with Gasteiger partial charge in [-0.15, -0.1) is 0 Å². The Balaban J connectivity index is 1.84. The van der Waals surface area contributed by atoms with Gasteiger partial charge in [-0.05, 0) is 32.1 Å². The summed E-state index contributed by atoms with van der Waals surface area (Å²) in [5.74, 6) is -1.08. The topological polar surface area (TPSA) is 75.6 Å². The molecule has 5 heteroatoms. The van der Waals surface area contributed by atoms with Gasteiger partial charge in [-0.2, -0.15) is 0 Å². The van der Waals surface area contributed by atoms with E-state index in [0.717, 1.165) is 25.7 Å². The molecule has 2 unspecified atom stereocenters. The number of hydrogen-bond donors (Lipinski definition) is 2. The van der Waals surface area contributed by atoms with Crippen LogP contribution in [0.1, 0.15) is 103 Å². The molecule has 1 saturated heterocycles. The highest BCUT2D eigenvalue weighted by molar-refractivity contribution is 5.74. The minimum atomic E-state index is -0.879. The second-order valence-electron chi connectivity index (χ2n) is 7.98. The first-order valence-corrected chi connectivity index (χ1v) is 11.4. The molecule has 0 aromatic heterocycles. The number of allylic oxidation sites excluding steroid dienone is 2. The van der Waals surface area contributed by atoms with Crippen LogP contribution in [0.2, 0.25) is 0 Å². The van der Waals surface area contributed by atoms with E-state index in [-0.39, 0.29) is 12.1 Å². The second kappa shape index (κ2) is 16.6. The number of carboxylic acids is 1. The molecule has 0 amide bonds. The predicted octanol–water partition coefficient (Wildman–Crippen LogP) is 5.38. The fraction of sp³-hybridized carbons (Fsp3) is 0.826. The third kappa shape index (κ3) is 12.9. The van der Waals surface area contributed by atoms with Crippen LogP contribution in [0.25, 0.3) is 0 Å². The van der Waals surface area contributed by atoms with Gasteiger partial charge < -0.3 is 15.2 Å². The summed E-state index contributed by atoms with van der Waals surface area (Å²) in [6.45, 7) is 2.69. The average Bonchev–Trinajstić information content (AvgIpc) is 3.13. The lowest BCUT2D eigenvalue weighted by atomic mass is 10.1. The summed E-state index contributed by atoms with van der Waals surface area (Å²) in [6, 6.07) is -0.586. The number of ether oxygens (including phenoxy) is 1. The number of carboxylic acid groups (broad SMARTS) is 1. The van der Waals surface area contributed by atoms with Crippen molar-refractivity contribution in [3.05, 3.63) is 12.2 Å². The molecule has 0 bridgehead atoms. The molecular formula is C23H41NO4. The van der Waals surface area contributed by atoms with Crippen LogP contribution >= 0.6 is 0 Å². The smallest absolute Gasteiger partial charge is 0.320 e. The van der Waals surface area contributed by atoms with Crippen molar-refractivity contribution in [2.75, 3.05) is 6.54 Å². The molecule has 0 aliphatic carbocycles. The zero-order valence-electron chi connectivity index (χ0n) is 17.8. The van der Waals surface area contributed by atoms with Gasteiger partial charge in [0.15, 0.2) is 0 Å². The number of rotatable bonds is 17. The summed E-state index contributed by atoms with van der Waals surface area (Å²) < 4.78 is 5.34. The molecule has 5 nitrogen and oxygen atoms in total. The summed E-state index contributed by atoms with van der Waals surface area (Å²) in [7, 11) is 0. The van der Waals surface area contributed by atoms with Gasteiger partial charge in [0, 0.05) is 19.4 Å². The summed E-state index contributed by atoms with van der Waals surface area (Å²) in [6.07, 6.45) is 21.2. The SMILES string of the molecule is CCCCCCCC/C=C/CCCCCCCC(=O)OC1CNC(C(=O)O)C1. The standard InChI is InChI=1S/C23H41NO4/c1-2-3-4-5-6-7-8-9-10-11-12-13-14-15-16-17-22(25)28-20-18-21(23(26)27)24-19-20/h9-10,20-21,24H,2-8,11-19H2,1H3,(H,26,27)/b10-9+. The van der Waals surface area contributed by atoms with E-state index in [1.165, 1.54) is 57.8 Å². The Morgan fingerprint density at radius 3 is 2.07 bits per heavy atom. The molecule has 2 N–H and O–H groups in total. The first kappa shape index (κ1) is 24.7. The van der Waals surface area contributed by atoms with Crippen molar-refractivity contribution in [1.29, 1.82) is 0 Å². The maximum absolute atomic E-state index is 11.8. The van der Waals surface area contributed by atoms with E-state index in [9.17, 15) is 9.59 Å². The van der Waals surface area contributed by atoms with Gasteiger partial charge in [0.05, 0.1) is 0 Å². The van der Waals surface area contributed by atoms with Crippen molar-refractivity contribution >= 4 is 11.9 Å². The van der Waals surface area contributed by atoms with Crippen molar-refractivity contribution in [3.63, 3.8) is 0 Å². The Morgan fingerprint density at radius 2 is 1.50 bits per heavy atom. The number of carbonyl (C=O) groups is 2. The van der Waals surface area contributed by atoms with Crippen LogP contribution in [0.3, 0.4) is 0 Å². The van der Waals surface area contributed by atoms with Gasteiger partial charge >= 0.3 is 11.9 Å². The van der Waals surface area contributed by atoms with Crippen LogP contribution in [-0.2, 0) is 14.3 Å². The van der Waals surface area contributed by atoms with Crippen molar-refractivity contribution in [3.8, 4) is 0 Å². The van der Waals surface area contributed by atoms with E-state index >= 15 is 0 Å². The number of unbranched alkanes of at least 4 members (excludes halogenated alkanes) is 11. The lowest BCUT2D eigenvalue weighted by Gasteiger charge is -2.10. The molecule has 0 aromatic carbocycles. The van der Waals surface area contributed by atoms with Crippen LogP contribution in [0.15, 0.2) is 12.2 Å². The van der Waals surface area contributed by atoms with Crippen LogP contribution < -0.4 is 5.32 Å². The normalized spacial score (nSPS) is 19.3. The lowest BCUT2D eigenvalue weighted by Crippen LogP contribution is -2.30. The van der Waals surface area contributed by atoms with Crippen molar-refractivity contribution < 1.29 is 19.4 Å². The van der Waals surface area contributed by atoms with Gasteiger partial charge in [-0.3, -0.25) is 9.59 Å². The Hall–Kier alpha value is -1.36. The van der Waals surface area contributed by atoms with Gasteiger partial charge in [-0.1, -0.05) is 70.4 Å². The van der Waals surface area contributed by atoms with Crippen LogP contribution in [0, 0.1) is 0 Å². The van der Waals surface area contributed by atoms with Gasteiger partial charge in [-0.25, -0.2) is 0 Å². The largest absolute Gasteiger partial charge is 0.480 e. The lowest BCUT2D eigenvalue weighted by molar-refractivity contribution is -0.149. The number of aliphatic carboxylic acids is 1. The summed E-state index contributed by atoms with van der Waals surface area (Å²) >= 11 is 0. The summed E-state index contributed by atoms with van der Waals surface area (Å²) in [5, 5.41) is 11.8. The van der Waals surface area contributed by atoms with Crippen LogP contribution in [0.4, 0.5) is 0 Å². The highest BCUT2D eigenvalue weighted by atomic mass is 16.5. The molecule has 28 heavy (non-hydrogen) atoms. The molecular weight excluding hydrogens is 354 g/mol. The van der Waals surface area contributed by atoms with Crippen molar-refractivity contribution in [2.24, 2.45) is 0 Å². The molecule has 1 fully saturated rings. The zero-order chi connectivity index (χ0) is 20.5.